The van der Waals surface area contributed by atoms with E-state index in [2.05, 4.69) is 67.1 Å². The van der Waals surface area contributed by atoms with E-state index in [0.29, 0.717) is 125 Å². The van der Waals surface area contributed by atoms with Crippen molar-refractivity contribution in [3.8, 4) is 57.0 Å². The van der Waals surface area contributed by atoms with Gasteiger partial charge in [-0.3, -0.25) is 9.80 Å². The molecule has 3 aromatic heterocycles. The molecule has 0 radical (unpaired) electrons. The van der Waals surface area contributed by atoms with Crippen LogP contribution in [0.25, 0.3) is 22.5 Å². The Balaban J connectivity index is 0.000000170. The summed E-state index contributed by atoms with van der Waals surface area (Å²) in [6, 6.07) is 11.3. The largest absolute Gasteiger partial charge is 0.497 e. The summed E-state index contributed by atoms with van der Waals surface area (Å²) in [5.41, 5.74) is 31.3. The van der Waals surface area contributed by atoms with Crippen LogP contribution in [0.5, 0.6) is 34.5 Å². The summed E-state index contributed by atoms with van der Waals surface area (Å²) in [7, 11) is 7.79. The molecular weight excluding hydrogens is 1310 g/mol. The number of hydrogen-bond acceptors (Lipinski definition) is 23. The quantitative estimate of drug-likeness (QED) is 0.0462. The summed E-state index contributed by atoms with van der Waals surface area (Å²) in [4.78, 5) is 66.4. The molecule has 6 heterocycles. The molecule has 2 fully saturated rings. The lowest BCUT2D eigenvalue weighted by Crippen LogP contribution is -2.45. The third-order valence-corrected chi connectivity index (χ3v) is 16.3. The van der Waals surface area contributed by atoms with Crippen molar-refractivity contribution >= 4 is 92.1 Å². The van der Waals surface area contributed by atoms with Crippen molar-refractivity contribution in [1.29, 1.82) is 0 Å². The molecule has 2 saturated carbocycles. The van der Waals surface area contributed by atoms with Gasteiger partial charge in [-0.1, -0.05) is 18.0 Å². The first-order valence-corrected chi connectivity index (χ1v) is 30.2. The van der Waals surface area contributed by atoms with Crippen LogP contribution in [0.2, 0.25) is 5.15 Å². The van der Waals surface area contributed by atoms with Gasteiger partial charge in [-0.15, -0.1) is 0 Å². The molecule has 27 nitrogen and oxygen atoms in total. The zero-order valence-corrected chi connectivity index (χ0v) is 54.9. The highest BCUT2D eigenvalue weighted by Gasteiger charge is 2.34. The van der Waals surface area contributed by atoms with E-state index in [-0.39, 0.29) is 41.5 Å². The van der Waals surface area contributed by atoms with E-state index < -0.39 is 13.2 Å². The lowest BCUT2D eigenvalue weighted by Gasteiger charge is -2.28. The predicted molar refractivity (Wildman–Crippen MR) is 341 cm³/mol. The topological polar surface area (TPSA) is 369 Å². The van der Waals surface area contributed by atoms with E-state index in [4.69, 9.17) is 82.5 Å². The molecule has 3 aliphatic heterocycles. The van der Waals surface area contributed by atoms with Crippen LogP contribution in [-0.2, 0) is 48.7 Å². The first kappa shape index (κ1) is 68.6. The second-order valence-corrected chi connectivity index (χ2v) is 22.6. The highest BCUT2D eigenvalue weighted by atomic mass is 79.9. The van der Waals surface area contributed by atoms with Crippen LogP contribution in [0.15, 0.2) is 45.3 Å². The number of aromatic nitrogens is 6. The van der Waals surface area contributed by atoms with Gasteiger partial charge in [-0.05, 0) is 127 Å². The Hall–Kier alpha value is -7.90. The summed E-state index contributed by atoms with van der Waals surface area (Å²) >= 11 is 12.6. The molecule has 89 heavy (non-hydrogen) atoms. The molecule has 11 N–H and O–H groups in total. The van der Waals surface area contributed by atoms with Crippen LogP contribution in [0.3, 0.4) is 0 Å². The lowest BCUT2D eigenvalue weighted by atomic mass is 9.79. The van der Waals surface area contributed by atoms with Crippen LogP contribution < -0.4 is 62.1 Å². The normalized spacial score (nSPS) is 14.1. The van der Waals surface area contributed by atoms with Gasteiger partial charge in [0.2, 0.25) is 17.8 Å². The van der Waals surface area contributed by atoms with E-state index in [0.717, 1.165) is 56.6 Å². The van der Waals surface area contributed by atoms with E-state index in [9.17, 15) is 14.4 Å². The Morgan fingerprint density at radius 1 is 0.573 bits per heavy atom. The van der Waals surface area contributed by atoms with Gasteiger partial charge in [0.25, 0.3) is 0 Å². The predicted octanol–water partition coefficient (Wildman–Crippen LogP) is 7.43. The fourth-order valence-corrected chi connectivity index (χ4v) is 10.9. The standard InChI is InChI=1S/C20H25N5O3.C17H19BrN4O4.C9H11ClN4O2.C8H10BBrO4.C4H9N/c1-11-7-17(28-3)13(8-16(11)27-2)18-14-9-25(10-15(14)23-19(21)24-18)20(26)22-12-5-4-6-12;1-4-26-17(23)22-7-10-12(8-22)20-16(19)21-15(10)9-5-14(25-3)11(18)6-13(9)24-2;1-2-16-9(15)14-3-5-6(4-14)12-8(11)13-7(5)10;1-13-7-4-6(10)8(14-2)3-5(7)9(11)12;5-4-2-1-3-4/h7-8,12H,4-6,9-10H2,1-3H3,(H,22,26)(H2,21,23,24);5-6H,4,7-8H2,1-3H3,(H2,19,20,21);2-4H2,1H3,(H2,11,12,13);3-4,11-12H,1-2H3;4H,1-3,5H2. The van der Waals surface area contributed by atoms with Crippen molar-refractivity contribution in [2.75, 3.05) is 73.1 Å². The van der Waals surface area contributed by atoms with Crippen molar-refractivity contribution in [3.05, 3.63) is 89.8 Å². The highest BCUT2D eigenvalue weighted by Crippen LogP contribution is 2.43. The third kappa shape index (κ3) is 16.9. The molecule has 5 aliphatic rings. The van der Waals surface area contributed by atoms with Gasteiger partial charge < -0.3 is 81.1 Å². The molecular formula is C58H74BBr2ClN14O13. The minimum Gasteiger partial charge on any atom is -0.497 e. The summed E-state index contributed by atoms with van der Waals surface area (Å²) < 4.78 is 43.4. The van der Waals surface area contributed by atoms with Crippen molar-refractivity contribution in [2.45, 2.75) is 111 Å². The van der Waals surface area contributed by atoms with Crippen molar-refractivity contribution in [1.82, 2.24) is 49.9 Å². The number of nitrogens with one attached hydrogen (secondary N) is 1. The van der Waals surface area contributed by atoms with Crippen molar-refractivity contribution in [3.63, 3.8) is 0 Å². The van der Waals surface area contributed by atoms with E-state index in [1.54, 1.807) is 64.2 Å². The number of halogens is 3. The molecule has 0 atom stereocenters. The lowest BCUT2D eigenvalue weighted by molar-refractivity contribution is 0.106. The van der Waals surface area contributed by atoms with E-state index in [1.165, 1.54) is 50.9 Å². The number of aryl methyl sites for hydroxylation is 1. The summed E-state index contributed by atoms with van der Waals surface area (Å²) in [6.45, 7) is 8.37. The van der Waals surface area contributed by atoms with Gasteiger partial charge in [0.05, 0.1) is 133 Å². The number of benzene rings is 3. The fraction of sp³-hybridized carbons (Fsp3) is 0.431. The van der Waals surface area contributed by atoms with Gasteiger partial charge in [0, 0.05) is 45.4 Å². The number of methoxy groups -OCH3 is 6. The number of ether oxygens (including phenoxy) is 8. The number of anilines is 3. The van der Waals surface area contributed by atoms with Gasteiger partial charge in [-0.2, -0.15) is 0 Å². The average Bonchev–Trinajstić information content (AvgIpc) is 1.79. The number of rotatable bonds is 12. The molecule has 2 aliphatic carbocycles. The molecule has 0 spiro atoms. The van der Waals surface area contributed by atoms with E-state index >= 15 is 0 Å². The second kappa shape index (κ2) is 31.5. The maximum atomic E-state index is 12.6. The van der Waals surface area contributed by atoms with Crippen LogP contribution in [-0.4, -0.2) is 148 Å². The zero-order chi connectivity index (χ0) is 64.8. The minimum absolute atomic E-state index is 0.0688. The monoisotopic (exact) mass is 1380 g/mol. The van der Waals surface area contributed by atoms with Crippen LogP contribution in [0.4, 0.5) is 32.2 Å². The maximum Gasteiger partial charge on any atom is 0.492 e. The third-order valence-electron chi connectivity index (χ3n) is 14.8. The molecule has 11 rings (SSSR count). The molecule has 31 heteroatoms. The van der Waals surface area contributed by atoms with Gasteiger partial charge in [0.15, 0.2) is 0 Å². The molecule has 0 unspecified atom stereocenters. The molecule has 4 amide bonds. The highest BCUT2D eigenvalue weighted by molar-refractivity contribution is 9.11. The molecule has 0 saturated heterocycles. The SMILES string of the molecule is CCOC(=O)N1Cc2nc(N)nc(-c3cc(OC)c(Br)cc3OC)c2C1.CCOC(=O)N1Cc2nc(N)nc(Cl)c2C1.COc1cc(-c2nc(N)nc3c2CN(C(=O)NC2CCC2)C3)c(OC)cc1C.COc1cc(B(O)O)c(OC)cc1Br.NC1CCC1. The molecule has 478 valence electrons. The van der Waals surface area contributed by atoms with E-state index in [1.807, 2.05) is 25.1 Å². The summed E-state index contributed by atoms with van der Waals surface area (Å²) in [6.07, 6.45) is 6.38. The van der Waals surface area contributed by atoms with Crippen LogP contribution in [0, 0.1) is 6.92 Å². The first-order valence-electron chi connectivity index (χ1n) is 28.3. The average molecular weight is 1380 g/mol. The Labute approximate surface area is 537 Å². The number of amides is 4. The van der Waals surface area contributed by atoms with Crippen molar-refractivity contribution < 1.29 is 62.3 Å². The van der Waals surface area contributed by atoms with Gasteiger partial charge >= 0.3 is 25.3 Å². The Morgan fingerprint density at radius 3 is 1.42 bits per heavy atom. The summed E-state index contributed by atoms with van der Waals surface area (Å²) in [5.74, 6) is 4.00. The van der Waals surface area contributed by atoms with Crippen LogP contribution >= 0.6 is 43.5 Å². The number of carbonyl (C=O) groups is 3. The molecule has 0 bridgehead atoms. The molecule has 6 aromatic rings. The van der Waals surface area contributed by atoms with Crippen LogP contribution in [0.1, 0.15) is 91.7 Å². The number of fused-ring (bicyclic) bond motifs is 3. The Morgan fingerprint density at radius 2 is 0.978 bits per heavy atom. The van der Waals surface area contributed by atoms with Gasteiger partial charge in [-0.25, -0.2) is 44.3 Å². The fourth-order valence-electron chi connectivity index (χ4n) is 9.68. The number of hydrogen-bond donors (Lipinski definition) is 7. The molecule has 3 aromatic carbocycles. The van der Waals surface area contributed by atoms with Crippen molar-refractivity contribution in [2.24, 2.45) is 5.73 Å². The number of carbonyl (C=O) groups excluding carboxylic acids is 3. The Kier molecular flexibility index (Phi) is 24.3. The second-order valence-electron chi connectivity index (χ2n) is 20.6. The number of nitrogens with two attached hydrogens (primary N) is 4. The zero-order valence-electron chi connectivity index (χ0n) is 50.9. The maximum absolute atomic E-state index is 12.6. The first-order chi connectivity index (χ1) is 42.6. The number of nitrogens with zero attached hydrogens (tertiary/aromatic N) is 9. The smallest absolute Gasteiger partial charge is 0.492 e. The Bertz CT molecular complexity index is 3520. The number of urea groups is 1. The number of nitrogen functional groups attached to an aromatic ring is 3. The summed E-state index contributed by atoms with van der Waals surface area (Å²) in [5, 5.41) is 21.5. The minimum atomic E-state index is -1.58. The van der Waals surface area contributed by atoms with Gasteiger partial charge in [0.1, 0.15) is 39.7 Å².